The van der Waals surface area contributed by atoms with Gasteiger partial charge in [-0.15, -0.1) is 11.3 Å². The van der Waals surface area contributed by atoms with Crippen LogP contribution in [-0.2, 0) is 9.59 Å². The van der Waals surface area contributed by atoms with Crippen molar-refractivity contribution in [2.75, 3.05) is 6.54 Å². The summed E-state index contributed by atoms with van der Waals surface area (Å²) < 4.78 is 0. The number of carbonyl (C=O) groups is 2. The molecule has 0 bridgehead atoms. The fraction of sp³-hybridized carbons (Fsp3) is 0.176. The Morgan fingerprint density at radius 3 is 2.45 bits per heavy atom. The minimum Gasteiger partial charge on any atom is -0.274 e. The summed E-state index contributed by atoms with van der Waals surface area (Å²) in [7, 11) is 0. The normalized spacial score (nSPS) is 15.0. The van der Waals surface area contributed by atoms with E-state index in [1.165, 1.54) is 28.0 Å². The Balaban J connectivity index is 2.03. The van der Waals surface area contributed by atoms with Gasteiger partial charge in [-0.25, -0.2) is 0 Å². The first-order valence-electron chi connectivity index (χ1n) is 7.09. The molecule has 22 heavy (non-hydrogen) atoms. The van der Waals surface area contributed by atoms with E-state index in [4.69, 9.17) is 0 Å². The van der Waals surface area contributed by atoms with Gasteiger partial charge in [0.05, 0.1) is 10.5 Å². The van der Waals surface area contributed by atoms with Crippen LogP contribution in [0.5, 0.6) is 0 Å². The van der Waals surface area contributed by atoms with Crippen molar-refractivity contribution in [1.82, 2.24) is 4.90 Å². The number of benzene rings is 1. The van der Waals surface area contributed by atoms with Crippen LogP contribution in [0.25, 0.3) is 5.57 Å². The first-order chi connectivity index (χ1) is 10.7. The molecule has 1 aliphatic heterocycles. The number of rotatable bonds is 5. The minimum absolute atomic E-state index is 0.173. The lowest BCUT2D eigenvalue weighted by atomic mass is 10.2. The molecule has 0 atom stereocenters. The molecule has 0 unspecified atom stereocenters. The van der Waals surface area contributed by atoms with Crippen molar-refractivity contribution >= 4 is 40.5 Å². The zero-order valence-corrected chi connectivity index (χ0v) is 13.7. The summed E-state index contributed by atoms with van der Waals surface area (Å²) >= 11 is 2.86. The number of nitrogens with zero attached hydrogens (tertiary/aromatic N) is 1. The van der Waals surface area contributed by atoms with E-state index >= 15 is 0 Å². The molecule has 0 saturated heterocycles. The smallest absolute Gasteiger partial charge is 0.268 e. The molecule has 3 nitrogen and oxygen atoms in total. The number of hydrogen-bond donors (Lipinski definition) is 0. The van der Waals surface area contributed by atoms with Crippen LogP contribution in [0.3, 0.4) is 0 Å². The Labute approximate surface area is 137 Å². The summed E-state index contributed by atoms with van der Waals surface area (Å²) in [6.45, 7) is 2.43. The molecule has 112 valence electrons. The predicted molar refractivity (Wildman–Crippen MR) is 90.5 cm³/mol. The van der Waals surface area contributed by atoms with Gasteiger partial charge in [-0.1, -0.05) is 43.0 Å². The van der Waals surface area contributed by atoms with Gasteiger partial charge in [-0.05, 0) is 30.0 Å². The first kappa shape index (κ1) is 15.1. The van der Waals surface area contributed by atoms with E-state index in [2.05, 4.69) is 0 Å². The Bertz CT molecular complexity index is 720. The maximum atomic E-state index is 12.6. The third kappa shape index (κ3) is 2.74. The largest absolute Gasteiger partial charge is 0.274 e. The van der Waals surface area contributed by atoms with Crippen molar-refractivity contribution in [3.05, 3.63) is 57.6 Å². The number of hydrogen-bond acceptors (Lipinski definition) is 4. The van der Waals surface area contributed by atoms with Gasteiger partial charge in [0.15, 0.2) is 0 Å². The van der Waals surface area contributed by atoms with Crippen LogP contribution in [0.15, 0.2) is 57.6 Å². The van der Waals surface area contributed by atoms with Crippen molar-refractivity contribution in [3.63, 3.8) is 0 Å². The van der Waals surface area contributed by atoms with E-state index in [1.807, 2.05) is 54.8 Å². The summed E-state index contributed by atoms with van der Waals surface area (Å²) in [5, 5.41) is 1.92. The summed E-state index contributed by atoms with van der Waals surface area (Å²) in [4.78, 5) is 29.0. The van der Waals surface area contributed by atoms with Crippen LogP contribution in [0.2, 0.25) is 0 Å². The van der Waals surface area contributed by atoms with Crippen LogP contribution in [0, 0.1) is 0 Å². The summed E-state index contributed by atoms with van der Waals surface area (Å²) in [6.07, 6.45) is 0.762. The Morgan fingerprint density at radius 2 is 1.82 bits per heavy atom. The van der Waals surface area contributed by atoms with E-state index in [1.54, 1.807) is 0 Å². The van der Waals surface area contributed by atoms with Gasteiger partial charge in [0.2, 0.25) is 0 Å². The maximum absolute atomic E-state index is 12.6. The number of amides is 2. The van der Waals surface area contributed by atoms with Gasteiger partial charge >= 0.3 is 0 Å². The SMILES string of the molecule is CCCN1C(=O)C(Sc2ccccc2)=C(c2cccs2)C1=O. The van der Waals surface area contributed by atoms with Crippen molar-refractivity contribution in [3.8, 4) is 0 Å². The molecule has 0 N–H and O–H groups in total. The van der Waals surface area contributed by atoms with Gasteiger partial charge in [-0.2, -0.15) is 0 Å². The second-order valence-corrected chi connectivity index (χ2v) is 6.89. The second-order valence-electron chi connectivity index (χ2n) is 4.86. The lowest BCUT2D eigenvalue weighted by molar-refractivity contribution is -0.136. The van der Waals surface area contributed by atoms with Crippen LogP contribution in [-0.4, -0.2) is 23.3 Å². The van der Waals surface area contributed by atoms with Gasteiger partial charge < -0.3 is 0 Å². The third-order valence-electron chi connectivity index (χ3n) is 3.30. The fourth-order valence-electron chi connectivity index (χ4n) is 2.32. The highest BCUT2D eigenvalue weighted by molar-refractivity contribution is 8.04. The molecule has 5 heteroatoms. The van der Waals surface area contributed by atoms with Gasteiger partial charge in [-0.3, -0.25) is 14.5 Å². The zero-order chi connectivity index (χ0) is 15.5. The summed E-state index contributed by atoms with van der Waals surface area (Å²) in [6, 6.07) is 13.5. The average Bonchev–Trinajstić information content (AvgIpc) is 3.12. The number of thioether (sulfide) groups is 1. The van der Waals surface area contributed by atoms with Crippen LogP contribution < -0.4 is 0 Å². The molecule has 0 fully saturated rings. The van der Waals surface area contributed by atoms with E-state index in [-0.39, 0.29) is 11.8 Å². The van der Waals surface area contributed by atoms with Gasteiger partial charge in [0.25, 0.3) is 11.8 Å². The van der Waals surface area contributed by atoms with E-state index in [0.717, 1.165) is 16.2 Å². The quantitative estimate of drug-likeness (QED) is 0.777. The number of carbonyl (C=O) groups excluding carboxylic acids is 2. The van der Waals surface area contributed by atoms with Crippen LogP contribution in [0.1, 0.15) is 18.2 Å². The third-order valence-corrected chi connectivity index (χ3v) is 5.28. The van der Waals surface area contributed by atoms with Gasteiger partial charge in [0, 0.05) is 16.3 Å². The Hall–Kier alpha value is -1.85. The van der Waals surface area contributed by atoms with E-state index in [0.29, 0.717) is 17.0 Å². The summed E-state index contributed by atoms with van der Waals surface area (Å²) in [5.41, 5.74) is 0.544. The molecular formula is C17H15NO2S2. The van der Waals surface area contributed by atoms with Crippen molar-refractivity contribution in [2.45, 2.75) is 18.2 Å². The lowest BCUT2D eigenvalue weighted by Crippen LogP contribution is -2.32. The molecule has 1 aliphatic rings. The number of thiophene rings is 1. The highest BCUT2D eigenvalue weighted by Crippen LogP contribution is 2.40. The molecule has 3 rings (SSSR count). The Kier molecular flexibility index (Phi) is 4.45. The second kappa shape index (κ2) is 6.50. The monoisotopic (exact) mass is 329 g/mol. The van der Waals surface area contributed by atoms with Gasteiger partial charge in [0.1, 0.15) is 0 Å². The average molecular weight is 329 g/mol. The van der Waals surface area contributed by atoms with E-state index < -0.39 is 0 Å². The first-order valence-corrected chi connectivity index (χ1v) is 8.79. The highest BCUT2D eigenvalue weighted by Gasteiger charge is 2.39. The topological polar surface area (TPSA) is 37.4 Å². The van der Waals surface area contributed by atoms with Crippen molar-refractivity contribution in [2.24, 2.45) is 0 Å². The van der Waals surface area contributed by atoms with E-state index in [9.17, 15) is 9.59 Å². The lowest BCUT2D eigenvalue weighted by Gasteiger charge is -2.13. The minimum atomic E-state index is -0.177. The van der Waals surface area contributed by atoms with Crippen LogP contribution >= 0.6 is 23.1 Å². The molecule has 1 aromatic heterocycles. The van der Waals surface area contributed by atoms with Crippen LogP contribution in [0.4, 0.5) is 0 Å². The zero-order valence-electron chi connectivity index (χ0n) is 12.1. The molecule has 1 aromatic carbocycles. The molecule has 0 spiro atoms. The summed E-state index contributed by atoms with van der Waals surface area (Å²) in [5.74, 6) is -0.350. The molecule has 2 aromatic rings. The standard InChI is InChI=1S/C17H15NO2S2/c1-2-10-18-16(19)14(13-9-6-11-21-13)15(17(18)20)22-12-7-4-3-5-8-12/h3-9,11H,2,10H2,1H3. The molecule has 2 amide bonds. The molecule has 0 aliphatic carbocycles. The van der Waals surface area contributed by atoms with Crippen molar-refractivity contribution < 1.29 is 9.59 Å². The van der Waals surface area contributed by atoms with Crippen molar-refractivity contribution in [1.29, 1.82) is 0 Å². The molecule has 0 radical (unpaired) electrons. The molecule has 2 heterocycles. The fourth-order valence-corrected chi connectivity index (χ4v) is 4.18. The maximum Gasteiger partial charge on any atom is 0.268 e. The number of imide groups is 1. The Morgan fingerprint density at radius 1 is 1.05 bits per heavy atom. The molecule has 0 saturated carbocycles. The highest BCUT2D eigenvalue weighted by atomic mass is 32.2. The predicted octanol–water partition coefficient (Wildman–Crippen LogP) is 4.03. The molecular weight excluding hydrogens is 314 g/mol.